The molecule has 1 heterocycles. The van der Waals surface area contributed by atoms with Gasteiger partial charge < -0.3 is 9.47 Å². The van der Waals surface area contributed by atoms with Crippen molar-refractivity contribution in [2.45, 2.75) is 6.92 Å². The topological polar surface area (TPSA) is 18.5 Å². The molecule has 0 unspecified atom stereocenters. The van der Waals surface area contributed by atoms with E-state index in [1.165, 1.54) is 0 Å². The Hall–Kier alpha value is -0.920. The van der Waals surface area contributed by atoms with E-state index in [-0.39, 0.29) is 0 Å². The molecule has 0 atom stereocenters. The van der Waals surface area contributed by atoms with Crippen LogP contribution >= 0.6 is 0 Å². The lowest BCUT2D eigenvalue weighted by atomic mass is 10.4. The first-order valence-corrected chi connectivity index (χ1v) is 2.43. The lowest BCUT2D eigenvalue weighted by molar-refractivity contribution is 0.0750. The zero-order chi connectivity index (χ0) is 5.98. The summed E-state index contributed by atoms with van der Waals surface area (Å²) in [6, 6.07) is 0. The minimum absolute atomic E-state index is 0.340. The van der Waals surface area contributed by atoms with Gasteiger partial charge in [0.25, 0.3) is 0 Å². The molecule has 0 saturated heterocycles. The molecule has 0 aromatic carbocycles. The van der Waals surface area contributed by atoms with Crippen molar-refractivity contribution in [1.82, 2.24) is 0 Å². The molecule has 8 heavy (non-hydrogen) atoms. The first-order chi connectivity index (χ1) is 3.84. The summed E-state index contributed by atoms with van der Waals surface area (Å²) in [6.07, 6.45) is 1.64. The van der Waals surface area contributed by atoms with Crippen LogP contribution in [0.2, 0.25) is 0 Å². The van der Waals surface area contributed by atoms with Crippen molar-refractivity contribution >= 4 is 0 Å². The third-order valence-electron chi connectivity index (χ3n) is 1.02. The quantitative estimate of drug-likeness (QED) is 0.510. The van der Waals surface area contributed by atoms with E-state index in [0.717, 1.165) is 11.5 Å². The fourth-order valence-electron chi connectivity index (χ4n) is 0.557. The Morgan fingerprint density at radius 2 is 2.38 bits per heavy atom. The van der Waals surface area contributed by atoms with Crippen molar-refractivity contribution in [3.63, 3.8) is 0 Å². The molecule has 1 aliphatic rings. The predicted octanol–water partition coefficient (Wildman–Crippen LogP) is 1.41. The van der Waals surface area contributed by atoms with Crippen LogP contribution in [0.15, 0.2) is 24.2 Å². The third kappa shape index (κ3) is 0.689. The lowest BCUT2D eigenvalue weighted by Gasteiger charge is -1.88. The van der Waals surface area contributed by atoms with E-state index in [0.29, 0.717) is 6.79 Å². The molecule has 0 saturated carbocycles. The Morgan fingerprint density at radius 1 is 1.62 bits per heavy atom. The average molecular weight is 112 g/mol. The highest BCUT2D eigenvalue weighted by Gasteiger charge is 2.07. The van der Waals surface area contributed by atoms with E-state index in [2.05, 4.69) is 6.58 Å². The van der Waals surface area contributed by atoms with Gasteiger partial charge in [-0.2, -0.15) is 0 Å². The van der Waals surface area contributed by atoms with Gasteiger partial charge in [0.1, 0.15) is 5.76 Å². The Balaban J connectivity index is 2.72. The van der Waals surface area contributed by atoms with Crippen molar-refractivity contribution < 1.29 is 9.47 Å². The van der Waals surface area contributed by atoms with Crippen LogP contribution in [-0.2, 0) is 9.47 Å². The number of hydrogen-bond donors (Lipinski definition) is 0. The number of allylic oxidation sites excluding steroid dienone is 2. The number of ether oxygens (including phenoxy) is 2. The number of rotatable bonds is 1. The Kier molecular flexibility index (Phi) is 1.24. The van der Waals surface area contributed by atoms with Gasteiger partial charge in [-0.05, 0) is 13.0 Å². The molecular weight excluding hydrogens is 104 g/mol. The minimum Gasteiger partial charge on any atom is -0.458 e. The number of hydrogen-bond acceptors (Lipinski definition) is 2. The molecule has 0 radical (unpaired) electrons. The largest absolute Gasteiger partial charge is 0.458 e. The molecule has 0 bridgehead atoms. The lowest BCUT2D eigenvalue weighted by Crippen LogP contribution is -1.80. The van der Waals surface area contributed by atoms with Gasteiger partial charge in [-0.15, -0.1) is 0 Å². The summed E-state index contributed by atoms with van der Waals surface area (Å²) in [5, 5.41) is 0. The van der Waals surface area contributed by atoms with Gasteiger partial charge in [0.2, 0.25) is 6.79 Å². The maximum Gasteiger partial charge on any atom is 0.230 e. The van der Waals surface area contributed by atoms with E-state index in [9.17, 15) is 0 Å². The van der Waals surface area contributed by atoms with Crippen molar-refractivity contribution in [2.75, 3.05) is 6.79 Å². The van der Waals surface area contributed by atoms with Gasteiger partial charge in [0.15, 0.2) is 5.76 Å². The molecule has 0 aliphatic carbocycles. The summed E-state index contributed by atoms with van der Waals surface area (Å²) in [5.41, 5.74) is 0. The Labute approximate surface area is 48.4 Å². The average Bonchev–Trinajstić information content (AvgIpc) is 2.14. The van der Waals surface area contributed by atoms with Crippen LogP contribution in [0.3, 0.4) is 0 Å². The van der Waals surface area contributed by atoms with Crippen LogP contribution in [0.4, 0.5) is 0 Å². The maximum atomic E-state index is 4.95. The highest BCUT2D eigenvalue weighted by atomic mass is 16.7. The first kappa shape index (κ1) is 5.22. The van der Waals surface area contributed by atoms with Crippen LogP contribution in [0.25, 0.3) is 0 Å². The standard InChI is InChI=1S/C6H8O2/c1-3-6-5(2)7-4-8-6/h3H,1,4H2,2H3. The maximum absolute atomic E-state index is 4.95. The predicted molar refractivity (Wildman–Crippen MR) is 29.9 cm³/mol. The molecule has 44 valence electrons. The summed E-state index contributed by atoms with van der Waals surface area (Å²) in [5.74, 6) is 1.57. The molecule has 0 aromatic heterocycles. The van der Waals surface area contributed by atoms with Crippen LogP contribution < -0.4 is 0 Å². The molecular formula is C6H8O2. The van der Waals surface area contributed by atoms with Gasteiger partial charge in [0, 0.05) is 0 Å². The molecule has 1 rings (SSSR count). The van der Waals surface area contributed by atoms with E-state index >= 15 is 0 Å². The smallest absolute Gasteiger partial charge is 0.230 e. The van der Waals surface area contributed by atoms with Gasteiger partial charge in [-0.1, -0.05) is 6.58 Å². The van der Waals surface area contributed by atoms with E-state index in [1.54, 1.807) is 6.08 Å². The summed E-state index contributed by atoms with van der Waals surface area (Å²) >= 11 is 0. The normalized spacial score (nSPS) is 17.6. The van der Waals surface area contributed by atoms with Gasteiger partial charge >= 0.3 is 0 Å². The zero-order valence-corrected chi connectivity index (χ0v) is 4.81. The summed E-state index contributed by atoms with van der Waals surface area (Å²) in [6.45, 7) is 5.72. The monoisotopic (exact) mass is 112 g/mol. The second-order valence-electron chi connectivity index (χ2n) is 1.53. The fraction of sp³-hybridized carbons (Fsp3) is 0.333. The van der Waals surface area contributed by atoms with Crippen molar-refractivity contribution in [3.05, 3.63) is 24.2 Å². The van der Waals surface area contributed by atoms with Gasteiger partial charge in [-0.3, -0.25) is 0 Å². The van der Waals surface area contributed by atoms with Crippen molar-refractivity contribution in [1.29, 1.82) is 0 Å². The molecule has 0 aromatic rings. The van der Waals surface area contributed by atoms with Crippen molar-refractivity contribution in [3.8, 4) is 0 Å². The van der Waals surface area contributed by atoms with Crippen LogP contribution in [0.5, 0.6) is 0 Å². The van der Waals surface area contributed by atoms with E-state index < -0.39 is 0 Å². The van der Waals surface area contributed by atoms with Gasteiger partial charge in [-0.25, -0.2) is 0 Å². The molecule has 1 aliphatic heterocycles. The molecule has 0 fully saturated rings. The van der Waals surface area contributed by atoms with Crippen LogP contribution in [0.1, 0.15) is 6.92 Å². The van der Waals surface area contributed by atoms with Gasteiger partial charge in [0.05, 0.1) is 0 Å². The second-order valence-corrected chi connectivity index (χ2v) is 1.53. The highest BCUT2D eigenvalue weighted by molar-refractivity contribution is 5.13. The Bertz CT molecular complexity index is 135. The molecule has 0 spiro atoms. The molecule has 2 heteroatoms. The fourth-order valence-corrected chi connectivity index (χ4v) is 0.557. The summed E-state index contributed by atoms with van der Waals surface area (Å²) in [7, 11) is 0. The molecule has 2 nitrogen and oxygen atoms in total. The van der Waals surface area contributed by atoms with E-state index in [1.807, 2.05) is 6.92 Å². The first-order valence-electron chi connectivity index (χ1n) is 2.43. The third-order valence-corrected chi connectivity index (χ3v) is 1.02. The summed E-state index contributed by atoms with van der Waals surface area (Å²) < 4.78 is 9.90. The zero-order valence-electron chi connectivity index (χ0n) is 4.81. The highest BCUT2D eigenvalue weighted by Crippen LogP contribution is 2.14. The SMILES string of the molecule is C=CC1=C(C)OCO1. The summed E-state index contributed by atoms with van der Waals surface area (Å²) in [4.78, 5) is 0. The molecule has 0 amide bonds. The van der Waals surface area contributed by atoms with Crippen molar-refractivity contribution in [2.24, 2.45) is 0 Å². The van der Waals surface area contributed by atoms with Crippen LogP contribution in [0, 0.1) is 0 Å². The van der Waals surface area contributed by atoms with E-state index in [4.69, 9.17) is 9.47 Å². The second kappa shape index (κ2) is 1.90. The molecule has 0 N–H and O–H groups in total. The Morgan fingerprint density at radius 3 is 2.62 bits per heavy atom. The minimum atomic E-state index is 0.340. The van der Waals surface area contributed by atoms with Crippen LogP contribution in [-0.4, -0.2) is 6.79 Å².